The molecule has 5 nitrogen and oxygen atoms in total. The molecule has 33 heavy (non-hydrogen) atoms. The van der Waals surface area contributed by atoms with Gasteiger partial charge in [-0.25, -0.2) is 0 Å². The van der Waals surface area contributed by atoms with Crippen LogP contribution in [0, 0.1) is 0 Å². The Morgan fingerprint density at radius 1 is 0.848 bits per heavy atom. The smallest absolute Gasteiger partial charge is 0.325 e. The SMILES string of the molecule is N[C@@H](CS)C(=O)NCC(=O)OCCC[P+](c1ccccc1)(c1ccccc1)c1ccccc1. The third kappa shape index (κ3) is 6.44. The van der Waals surface area contributed by atoms with Gasteiger partial charge in [-0.15, -0.1) is 0 Å². The van der Waals surface area contributed by atoms with Gasteiger partial charge in [0.15, 0.2) is 0 Å². The lowest BCUT2D eigenvalue weighted by Gasteiger charge is -2.27. The molecule has 0 heterocycles. The summed E-state index contributed by atoms with van der Waals surface area (Å²) in [5.41, 5.74) is 5.60. The Bertz CT molecular complexity index is 923. The summed E-state index contributed by atoms with van der Waals surface area (Å²) in [6.45, 7) is 0.0816. The van der Waals surface area contributed by atoms with E-state index >= 15 is 0 Å². The Kier molecular flexibility index (Phi) is 9.49. The zero-order valence-electron chi connectivity index (χ0n) is 18.5. The molecule has 3 N–H and O–H groups in total. The van der Waals surface area contributed by atoms with E-state index in [1.807, 2.05) is 18.2 Å². The van der Waals surface area contributed by atoms with Crippen LogP contribution in [0.4, 0.5) is 0 Å². The van der Waals surface area contributed by atoms with E-state index in [9.17, 15) is 9.59 Å². The maximum Gasteiger partial charge on any atom is 0.325 e. The van der Waals surface area contributed by atoms with Crippen molar-refractivity contribution >= 4 is 47.7 Å². The van der Waals surface area contributed by atoms with Crippen LogP contribution in [0.1, 0.15) is 6.42 Å². The molecule has 0 saturated heterocycles. The first kappa shape index (κ1) is 25.0. The van der Waals surface area contributed by atoms with Gasteiger partial charge in [0.05, 0.1) is 18.8 Å². The Hall–Kier alpha value is -2.66. The summed E-state index contributed by atoms with van der Waals surface area (Å²) in [6.07, 6.45) is 1.55. The van der Waals surface area contributed by atoms with E-state index in [1.54, 1.807) is 0 Å². The number of carbonyl (C=O) groups excluding carboxylic acids is 2. The fourth-order valence-electron chi connectivity index (χ4n) is 3.79. The number of nitrogens with one attached hydrogen (secondary N) is 1. The minimum atomic E-state index is -1.95. The molecule has 3 rings (SSSR count). The highest BCUT2D eigenvalue weighted by Gasteiger charge is 2.44. The third-order valence-corrected chi connectivity index (χ3v) is 10.4. The molecule has 0 unspecified atom stereocenters. The number of benzene rings is 3. The summed E-state index contributed by atoms with van der Waals surface area (Å²) in [7, 11) is -1.95. The van der Waals surface area contributed by atoms with E-state index in [2.05, 4.69) is 90.7 Å². The molecule has 1 amide bonds. The minimum Gasteiger partial charge on any atom is -0.464 e. The largest absolute Gasteiger partial charge is 0.464 e. The maximum atomic E-state index is 12.1. The highest BCUT2D eigenvalue weighted by molar-refractivity contribution is 7.95. The van der Waals surface area contributed by atoms with Crippen LogP contribution >= 0.6 is 19.9 Å². The van der Waals surface area contributed by atoms with E-state index in [0.717, 1.165) is 6.16 Å². The van der Waals surface area contributed by atoms with E-state index in [0.29, 0.717) is 6.42 Å². The van der Waals surface area contributed by atoms with Crippen LogP contribution in [0.5, 0.6) is 0 Å². The summed E-state index contributed by atoms with van der Waals surface area (Å²) in [5.74, 6) is -0.674. The summed E-state index contributed by atoms with van der Waals surface area (Å²) in [5, 5.41) is 6.37. The van der Waals surface area contributed by atoms with Crippen molar-refractivity contribution < 1.29 is 14.3 Å². The average molecular weight is 482 g/mol. The average Bonchev–Trinajstić information content (AvgIpc) is 2.88. The summed E-state index contributed by atoms with van der Waals surface area (Å²) < 4.78 is 5.41. The fourth-order valence-corrected chi connectivity index (χ4v) is 8.28. The molecule has 0 radical (unpaired) electrons. The minimum absolute atomic E-state index is 0.198. The van der Waals surface area contributed by atoms with Gasteiger partial charge in [-0.05, 0) is 36.4 Å². The first-order valence-electron chi connectivity index (χ1n) is 10.9. The second-order valence-corrected chi connectivity index (χ2v) is 11.6. The van der Waals surface area contributed by atoms with Gasteiger partial charge in [0.2, 0.25) is 5.91 Å². The molecular weight excluding hydrogens is 451 g/mol. The Morgan fingerprint density at radius 2 is 1.30 bits per heavy atom. The second kappa shape index (κ2) is 12.5. The third-order valence-electron chi connectivity index (χ3n) is 5.43. The van der Waals surface area contributed by atoms with Crippen LogP contribution in [0.25, 0.3) is 0 Å². The molecule has 0 bridgehead atoms. The molecule has 0 saturated carbocycles. The summed E-state index contributed by atoms with van der Waals surface area (Å²) in [6, 6.07) is 31.0. The van der Waals surface area contributed by atoms with E-state index < -0.39 is 25.2 Å². The van der Waals surface area contributed by atoms with Crippen LogP contribution in [0.15, 0.2) is 91.0 Å². The first-order chi connectivity index (χ1) is 16.1. The summed E-state index contributed by atoms with van der Waals surface area (Å²) in [4.78, 5) is 23.8. The molecule has 0 aliphatic carbocycles. The normalized spacial score (nSPS) is 12.1. The lowest BCUT2D eigenvalue weighted by atomic mass is 10.3. The van der Waals surface area contributed by atoms with E-state index in [1.165, 1.54) is 15.9 Å². The lowest BCUT2D eigenvalue weighted by Crippen LogP contribution is -2.44. The number of ether oxygens (including phenoxy) is 1. The van der Waals surface area contributed by atoms with Crippen molar-refractivity contribution in [3.05, 3.63) is 91.0 Å². The highest BCUT2D eigenvalue weighted by Crippen LogP contribution is 2.55. The topological polar surface area (TPSA) is 81.4 Å². The van der Waals surface area contributed by atoms with Crippen LogP contribution in [0.3, 0.4) is 0 Å². The molecule has 7 heteroatoms. The van der Waals surface area contributed by atoms with E-state index in [-0.39, 0.29) is 18.9 Å². The quantitative estimate of drug-likeness (QED) is 0.170. The van der Waals surface area contributed by atoms with Crippen molar-refractivity contribution in [2.24, 2.45) is 5.73 Å². The van der Waals surface area contributed by atoms with Gasteiger partial charge in [-0.1, -0.05) is 54.6 Å². The van der Waals surface area contributed by atoms with Crippen molar-refractivity contribution in [2.75, 3.05) is 25.1 Å². The molecule has 0 aliphatic heterocycles. The van der Waals surface area contributed by atoms with Gasteiger partial charge in [-0.2, -0.15) is 12.6 Å². The molecule has 1 atom stereocenters. The molecule has 0 aliphatic rings. The predicted molar refractivity (Wildman–Crippen MR) is 140 cm³/mol. The Balaban J connectivity index is 1.76. The number of rotatable bonds is 11. The highest BCUT2D eigenvalue weighted by atomic mass is 32.1. The standard InChI is InChI=1S/C26H29N2O3PS/c27-24(20-33)26(30)28-19-25(29)31-17-10-18-32(21-11-4-1-5-12-21,22-13-6-2-7-14-22)23-15-8-3-9-16-23/h1-9,11-16,24H,10,17-20,27H2,(H-,28,30,33)/p+1/t24-/m0/s1. The van der Waals surface area contributed by atoms with Gasteiger partial charge < -0.3 is 15.8 Å². The number of hydrogen-bond donors (Lipinski definition) is 3. The van der Waals surface area contributed by atoms with Crippen molar-refractivity contribution in [1.29, 1.82) is 0 Å². The van der Waals surface area contributed by atoms with E-state index in [4.69, 9.17) is 10.5 Å². The van der Waals surface area contributed by atoms with Crippen molar-refractivity contribution in [2.45, 2.75) is 12.5 Å². The van der Waals surface area contributed by atoms with Crippen LogP contribution in [0.2, 0.25) is 0 Å². The zero-order valence-corrected chi connectivity index (χ0v) is 20.3. The lowest BCUT2D eigenvalue weighted by molar-refractivity contribution is -0.144. The van der Waals surface area contributed by atoms with Crippen molar-refractivity contribution in [3.63, 3.8) is 0 Å². The van der Waals surface area contributed by atoms with Crippen LogP contribution in [-0.2, 0) is 14.3 Å². The molecule has 0 spiro atoms. The molecule has 172 valence electrons. The predicted octanol–water partition coefficient (Wildman–Crippen LogP) is 2.29. The number of hydrogen-bond acceptors (Lipinski definition) is 5. The number of esters is 1. The van der Waals surface area contributed by atoms with Crippen LogP contribution < -0.4 is 27.0 Å². The summed E-state index contributed by atoms with van der Waals surface area (Å²) >= 11 is 3.99. The Labute approximate surface area is 201 Å². The zero-order chi connectivity index (χ0) is 23.5. The van der Waals surface area contributed by atoms with Gasteiger partial charge in [0.1, 0.15) is 29.7 Å². The van der Waals surface area contributed by atoms with Crippen LogP contribution in [-0.4, -0.2) is 43.0 Å². The first-order valence-corrected chi connectivity index (χ1v) is 13.5. The van der Waals surface area contributed by atoms with Gasteiger partial charge >= 0.3 is 5.97 Å². The monoisotopic (exact) mass is 481 g/mol. The fraction of sp³-hybridized carbons (Fsp3) is 0.231. The molecule has 0 fully saturated rings. The number of nitrogens with two attached hydrogens (primary N) is 1. The second-order valence-electron chi connectivity index (χ2n) is 7.62. The van der Waals surface area contributed by atoms with Gasteiger partial charge in [0, 0.05) is 12.2 Å². The van der Waals surface area contributed by atoms with Crippen molar-refractivity contribution in [1.82, 2.24) is 5.32 Å². The number of carbonyl (C=O) groups is 2. The van der Waals surface area contributed by atoms with Gasteiger partial charge in [0.25, 0.3) is 0 Å². The van der Waals surface area contributed by atoms with Crippen molar-refractivity contribution in [3.8, 4) is 0 Å². The molecule has 3 aromatic carbocycles. The number of thiol groups is 1. The Morgan fingerprint density at radius 3 is 1.73 bits per heavy atom. The van der Waals surface area contributed by atoms with Gasteiger partial charge in [-0.3, -0.25) is 9.59 Å². The number of amides is 1. The molecule has 3 aromatic rings. The molecule has 0 aromatic heterocycles. The molecular formula is C26H30N2O3PS+. The maximum absolute atomic E-state index is 12.1.